The summed E-state index contributed by atoms with van der Waals surface area (Å²) in [4.78, 5) is 0.402. The molecule has 0 spiro atoms. The van der Waals surface area contributed by atoms with Gasteiger partial charge in [0.05, 0.1) is 0 Å². The number of thiocarbonyl (C=S) groups is 2. The lowest BCUT2D eigenvalue weighted by Gasteiger charge is -2.03. The summed E-state index contributed by atoms with van der Waals surface area (Å²) < 4.78 is 0. The van der Waals surface area contributed by atoms with Crippen molar-refractivity contribution in [3.8, 4) is 0 Å². The molecule has 0 saturated heterocycles. The van der Waals surface area contributed by atoms with E-state index >= 15 is 0 Å². The van der Waals surface area contributed by atoms with Gasteiger partial charge in [0.15, 0.2) is 0 Å². The summed E-state index contributed by atoms with van der Waals surface area (Å²) in [6, 6.07) is 0. The zero-order valence-corrected chi connectivity index (χ0v) is 11.5. The molecule has 2 atom stereocenters. The van der Waals surface area contributed by atoms with Crippen molar-refractivity contribution in [2.75, 3.05) is 0 Å². The maximum Gasteiger partial charge on any atom is 0.104 e. The van der Waals surface area contributed by atoms with Crippen LogP contribution in [0.4, 0.5) is 0 Å². The monoisotopic (exact) mass is 266 g/mol. The number of hydrogen-bond donors (Lipinski definition) is 4. The van der Waals surface area contributed by atoms with Crippen LogP contribution in [-0.2, 0) is 0 Å². The predicted octanol–water partition coefficient (Wildman–Crippen LogP) is 0.867. The Balaban J connectivity index is 0. The van der Waals surface area contributed by atoms with Crippen molar-refractivity contribution in [3.05, 3.63) is 0 Å². The zero-order valence-electron chi connectivity index (χ0n) is 9.85. The van der Waals surface area contributed by atoms with E-state index in [9.17, 15) is 0 Å². The zero-order chi connectivity index (χ0) is 13.1. The van der Waals surface area contributed by atoms with Crippen molar-refractivity contribution < 1.29 is 10.2 Å². The van der Waals surface area contributed by atoms with E-state index in [2.05, 4.69) is 24.4 Å². The lowest BCUT2D eigenvalue weighted by atomic mass is 10.2. The Kier molecular flexibility index (Phi) is 12.6. The fourth-order valence-corrected chi connectivity index (χ4v) is 1.07. The molecule has 2 unspecified atom stereocenters. The van der Waals surface area contributed by atoms with E-state index in [1.165, 1.54) is 0 Å². The Morgan fingerprint density at radius 3 is 1.25 bits per heavy atom. The third-order valence-corrected chi connectivity index (χ3v) is 2.33. The molecule has 0 radical (unpaired) electrons. The van der Waals surface area contributed by atoms with Crippen LogP contribution < -0.4 is 11.5 Å². The van der Waals surface area contributed by atoms with Gasteiger partial charge in [0.25, 0.3) is 0 Å². The van der Waals surface area contributed by atoms with Crippen LogP contribution in [0.15, 0.2) is 0 Å². The predicted molar refractivity (Wildman–Crippen MR) is 75.4 cm³/mol. The minimum Gasteiger partial charge on any atom is -0.391 e. The summed E-state index contributed by atoms with van der Waals surface area (Å²) in [5.41, 5.74) is 10.2. The van der Waals surface area contributed by atoms with Crippen molar-refractivity contribution >= 4 is 34.4 Å². The molecule has 0 amide bonds. The van der Waals surface area contributed by atoms with Gasteiger partial charge in [0, 0.05) is 0 Å². The standard InChI is InChI=1S/2C5H11NOS/c2*1-2-3-4(7)5(6)8/h2*4,7H,2-3H2,1H3,(H2,6,8). The fourth-order valence-electron chi connectivity index (χ4n) is 0.831. The largest absolute Gasteiger partial charge is 0.391 e. The number of rotatable bonds is 6. The molecule has 0 aromatic carbocycles. The molecule has 0 rings (SSSR count). The van der Waals surface area contributed by atoms with Crippen LogP contribution in [-0.4, -0.2) is 32.4 Å². The van der Waals surface area contributed by atoms with Gasteiger partial charge in [-0.05, 0) is 12.8 Å². The van der Waals surface area contributed by atoms with Crippen molar-refractivity contribution in [2.24, 2.45) is 11.5 Å². The Bertz CT molecular complexity index is 191. The number of aliphatic hydroxyl groups excluding tert-OH is 2. The topological polar surface area (TPSA) is 92.5 Å². The Morgan fingerprint density at radius 2 is 1.19 bits per heavy atom. The van der Waals surface area contributed by atoms with Crippen molar-refractivity contribution in [1.29, 1.82) is 0 Å². The second-order valence-corrected chi connectivity index (χ2v) is 4.36. The summed E-state index contributed by atoms with van der Waals surface area (Å²) in [5, 5.41) is 17.7. The smallest absolute Gasteiger partial charge is 0.104 e. The van der Waals surface area contributed by atoms with Crippen LogP contribution in [0, 0.1) is 0 Å². The molecule has 0 aromatic heterocycles. The molecule has 0 aromatic rings. The first-order chi connectivity index (χ1) is 7.36. The third kappa shape index (κ3) is 11.8. The summed E-state index contributed by atoms with van der Waals surface area (Å²) in [6.45, 7) is 3.95. The van der Waals surface area contributed by atoms with E-state index in [1.54, 1.807) is 0 Å². The molecule has 4 nitrogen and oxygen atoms in total. The first kappa shape index (κ1) is 18.1. The van der Waals surface area contributed by atoms with Gasteiger partial charge in [-0.2, -0.15) is 0 Å². The van der Waals surface area contributed by atoms with Crippen LogP contribution >= 0.6 is 24.4 Å². The second-order valence-electron chi connectivity index (χ2n) is 3.41. The van der Waals surface area contributed by atoms with E-state index in [1.807, 2.05) is 13.8 Å². The summed E-state index contributed by atoms with van der Waals surface area (Å²) in [6.07, 6.45) is 2.03. The van der Waals surface area contributed by atoms with Gasteiger partial charge in [-0.25, -0.2) is 0 Å². The van der Waals surface area contributed by atoms with Crippen LogP contribution in [0.3, 0.4) is 0 Å². The molecular weight excluding hydrogens is 244 g/mol. The van der Waals surface area contributed by atoms with Crippen molar-refractivity contribution in [3.63, 3.8) is 0 Å². The van der Waals surface area contributed by atoms with Gasteiger partial charge in [0.2, 0.25) is 0 Å². The molecule has 96 valence electrons. The van der Waals surface area contributed by atoms with E-state index in [0.717, 1.165) is 12.8 Å². The molecule has 0 bridgehead atoms. The molecule has 16 heavy (non-hydrogen) atoms. The van der Waals surface area contributed by atoms with Crippen LogP contribution in [0.5, 0.6) is 0 Å². The molecule has 6 heteroatoms. The molecular formula is C10H22N2O2S2. The number of aliphatic hydroxyl groups is 2. The SMILES string of the molecule is CCCC(O)C(N)=S.CCCC(O)C(N)=S. The van der Waals surface area contributed by atoms with Gasteiger partial charge >= 0.3 is 0 Å². The van der Waals surface area contributed by atoms with E-state index in [0.29, 0.717) is 12.8 Å². The lowest BCUT2D eigenvalue weighted by molar-refractivity contribution is 0.230. The second kappa shape index (κ2) is 11.2. The average molecular weight is 266 g/mol. The molecule has 0 fully saturated rings. The quantitative estimate of drug-likeness (QED) is 0.533. The van der Waals surface area contributed by atoms with E-state index in [-0.39, 0.29) is 9.98 Å². The van der Waals surface area contributed by atoms with E-state index in [4.69, 9.17) is 21.7 Å². The maximum absolute atomic E-state index is 8.86. The van der Waals surface area contributed by atoms with Crippen LogP contribution in [0.25, 0.3) is 0 Å². The molecule has 0 aliphatic rings. The minimum atomic E-state index is -0.574. The average Bonchev–Trinajstić information content (AvgIpc) is 2.19. The normalized spacial score (nSPS) is 13.2. The van der Waals surface area contributed by atoms with Gasteiger partial charge in [0.1, 0.15) is 22.2 Å². The first-order valence-electron chi connectivity index (χ1n) is 5.31. The van der Waals surface area contributed by atoms with E-state index < -0.39 is 12.2 Å². The first-order valence-corrected chi connectivity index (χ1v) is 6.13. The highest BCUT2D eigenvalue weighted by molar-refractivity contribution is 7.80. The van der Waals surface area contributed by atoms with Gasteiger partial charge < -0.3 is 21.7 Å². The fraction of sp³-hybridized carbons (Fsp3) is 0.800. The Labute approximate surface area is 108 Å². The maximum atomic E-state index is 8.86. The lowest BCUT2D eigenvalue weighted by Crippen LogP contribution is -2.25. The van der Waals surface area contributed by atoms with Gasteiger partial charge in [-0.15, -0.1) is 0 Å². The molecule has 0 aliphatic carbocycles. The van der Waals surface area contributed by atoms with Crippen LogP contribution in [0.2, 0.25) is 0 Å². The number of hydrogen-bond acceptors (Lipinski definition) is 4. The molecule has 0 aliphatic heterocycles. The summed E-state index contributed by atoms with van der Waals surface area (Å²) in [7, 11) is 0. The van der Waals surface area contributed by atoms with Crippen molar-refractivity contribution in [1.82, 2.24) is 0 Å². The summed E-state index contributed by atoms with van der Waals surface area (Å²) >= 11 is 9.02. The Morgan fingerprint density at radius 1 is 0.938 bits per heavy atom. The molecule has 0 saturated carbocycles. The highest BCUT2D eigenvalue weighted by Crippen LogP contribution is 1.95. The Hall–Kier alpha value is -0.300. The summed E-state index contributed by atoms with van der Waals surface area (Å²) in [5.74, 6) is 0. The van der Waals surface area contributed by atoms with Crippen LogP contribution in [0.1, 0.15) is 39.5 Å². The highest BCUT2D eigenvalue weighted by Gasteiger charge is 2.03. The minimum absolute atomic E-state index is 0.201. The van der Waals surface area contributed by atoms with Gasteiger partial charge in [-0.3, -0.25) is 0 Å². The highest BCUT2D eigenvalue weighted by atomic mass is 32.1. The van der Waals surface area contributed by atoms with Gasteiger partial charge in [-0.1, -0.05) is 51.1 Å². The third-order valence-electron chi connectivity index (χ3n) is 1.78. The number of nitrogens with two attached hydrogens (primary N) is 2. The molecule has 6 N–H and O–H groups in total. The molecule has 0 heterocycles. The van der Waals surface area contributed by atoms with Crippen molar-refractivity contribution in [2.45, 2.75) is 51.7 Å².